The van der Waals surface area contributed by atoms with Crippen LogP contribution >= 0.6 is 23.2 Å². The van der Waals surface area contributed by atoms with E-state index in [-0.39, 0.29) is 22.5 Å². The molecule has 1 aromatic rings. The molecular formula is C13H19Cl2N3O2S. The fraction of sp³-hybridized carbons (Fsp3) is 0.538. The van der Waals surface area contributed by atoms with E-state index in [1.165, 1.54) is 16.4 Å². The van der Waals surface area contributed by atoms with E-state index in [1.807, 2.05) is 19.0 Å². The molecule has 0 spiro atoms. The van der Waals surface area contributed by atoms with Crippen LogP contribution in [-0.2, 0) is 16.6 Å². The van der Waals surface area contributed by atoms with E-state index in [9.17, 15) is 8.42 Å². The maximum Gasteiger partial charge on any atom is 0.244 e. The molecule has 0 saturated carbocycles. The molecule has 0 bridgehead atoms. The highest BCUT2D eigenvalue weighted by atomic mass is 35.5. The van der Waals surface area contributed by atoms with Gasteiger partial charge in [-0.25, -0.2) is 8.42 Å². The van der Waals surface area contributed by atoms with Gasteiger partial charge in [0.15, 0.2) is 0 Å². The summed E-state index contributed by atoms with van der Waals surface area (Å²) in [6.07, 6.45) is 0.807. The van der Waals surface area contributed by atoms with Gasteiger partial charge in [0.2, 0.25) is 10.0 Å². The smallest absolute Gasteiger partial charge is 0.244 e. The van der Waals surface area contributed by atoms with E-state index < -0.39 is 10.0 Å². The van der Waals surface area contributed by atoms with Crippen molar-refractivity contribution < 1.29 is 8.42 Å². The monoisotopic (exact) mass is 351 g/mol. The Morgan fingerprint density at radius 2 is 2.05 bits per heavy atom. The van der Waals surface area contributed by atoms with Crippen molar-refractivity contribution in [3.8, 4) is 0 Å². The van der Waals surface area contributed by atoms with Crippen molar-refractivity contribution in [2.75, 3.05) is 27.2 Å². The molecule has 8 heteroatoms. The van der Waals surface area contributed by atoms with Crippen LogP contribution in [0.1, 0.15) is 12.0 Å². The predicted octanol–water partition coefficient (Wildman–Crippen LogP) is 1.78. The number of nitrogens with zero attached hydrogens (tertiary/aromatic N) is 2. The second kappa shape index (κ2) is 6.40. The van der Waals surface area contributed by atoms with Crippen LogP contribution in [0.3, 0.4) is 0 Å². The van der Waals surface area contributed by atoms with Gasteiger partial charge in [-0.3, -0.25) is 0 Å². The fourth-order valence-corrected chi connectivity index (χ4v) is 4.85. The maximum atomic E-state index is 12.7. The van der Waals surface area contributed by atoms with Crippen LogP contribution in [0.5, 0.6) is 0 Å². The number of likely N-dealkylation sites (N-methyl/N-ethyl adjacent to an activating group) is 1. The first-order valence-electron chi connectivity index (χ1n) is 6.62. The lowest BCUT2D eigenvalue weighted by atomic mass is 10.2. The van der Waals surface area contributed by atoms with Crippen LogP contribution in [0.25, 0.3) is 0 Å². The summed E-state index contributed by atoms with van der Waals surface area (Å²) in [6, 6.07) is 3.20. The highest BCUT2D eigenvalue weighted by molar-refractivity contribution is 7.89. The Hall–Kier alpha value is -0.370. The van der Waals surface area contributed by atoms with Gasteiger partial charge in [0, 0.05) is 36.3 Å². The first-order chi connectivity index (χ1) is 9.78. The number of sulfonamides is 1. The maximum absolute atomic E-state index is 12.7. The Balaban J connectivity index is 2.38. The SMILES string of the molecule is CN(C)C1CCN(S(=O)(=O)c2ccc(Cl)c(CN)c2Cl)C1. The van der Waals surface area contributed by atoms with Crippen molar-refractivity contribution in [2.24, 2.45) is 5.73 Å². The van der Waals surface area contributed by atoms with E-state index in [0.717, 1.165) is 6.42 Å². The topological polar surface area (TPSA) is 66.6 Å². The highest BCUT2D eigenvalue weighted by Crippen LogP contribution is 2.33. The number of benzene rings is 1. The Morgan fingerprint density at radius 3 is 2.57 bits per heavy atom. The molecule has 5 nitrogen and oxygen atoms in total. The van der Waals surface area contributed by atoms with Crippen LogP contribution < -0.4 is 5.73 Å². The zero-order valence-electron chi connectivity index (χ0n) is 12.0. The van der Waals surface area contributed by atoms with E-state index >= 15 is 0 Å². The number of rotatable bonds is 4. The normalized spacial score (nSPS) is 20.4. The van der Waals surface area contributed by atoms with Crippen LogP contribution in [0.2, 0.25) is 10.0 Å². The molecular weight excluding hydrogens is 333 g/mol. The summed E-state index contributed by atoms with van der Waals surface area (Å²) >= 11 is 12.2. The minimum Gasteiger partial charge on any atom is -0.326 e. The molecule has 1 unspecified atom stereocenters. The van der Waals surface area contributed by atoms with Gasteiger partial charge in [-0.1, -0.05) is 23.2 Å². The van der Waals surface area contributed by atoms with Crippen molar-refractivity contribution in [3.05, 3.63) is 27.7 Å². The van der Waals surface area contributed by atoms with Gasteiger partial charge >= 0.3 is 0 Å². The van der Waals surface area contributed by atoms with Gasteiger partial charge in [-0.05, 0) is 32.6 Å². The summed E-state index contributed by atoms with van der Waals surface area (Å²) in [5.41, 5.74) is 6.06. The molecule has 1 heterocycles. The summed E-state index contributed by atoms with van der Waals surface area (Å²) in [6.45, 7) is 1.05. The minimum atomic E-state index is -3.62. The lowest BCUT2D eigenvalue weighted by molar-refractivity contribution is 0.302. The fourth-order valence-electron chi connectivity index (χ4n) is 2.45. The zero-order valence-corrected chi connectivity index (χ0v) is 14.3. The van der Waals surface area contributed by atoms with Gasteiger partial charge in [-0.15, -0.1) is 0 Å². The average molecular weight is 352 g/mol. The van der Waals surface area contributed by atoms with Crippen molar-refractivity contribution >= 4 is 33.2 Å². The third-order valence-corrected chi connectivity index (χ3v) is 6.63. The van der Waals surface area contributed by atoms with Crippen molar-refractivity contribution in [2.45, 2.75) is 23.9 Å². The highest BCUT2D eigenvalue weighted by Gasteiger charge is 2.35. The van der Waals surface area contributed by atoms with Crippen LogP contribution in [0.4, 0.5) is 0 Å². The standard InChI is InChI=1S/C13H19Cl2N3O2S/c1-17(2)9-5-6-18(8-9)21(19,20)12-4-3-11(14)10(7-16)13(12)15/h3-4,9H,5-8,16H2,1-2H3. The Labute approximate surface area is 135 Å². The first kappa shape index (κ1) is 17.0. The molecule has 1 aliphatic rings. The van der Waals surface area contributed by atoms with Crippen molar-refractivity contribution in [3.63, 3.8) is 0 Å². The van der Waals surface area contributed by atoms with E-state index in [2.05, 4.69) is 0 Å². The molecule has 2 N–H and O–H groups in total. The summed E-state index contributed by atoms with van der Waals surface area (Å²) in [5, 5.41) is 0.507. The third-order valence-electron chi connectivity index (χ3n) is 3.83. The number of hydrogen-bond donors (Lipinski definition) is 1. The minimum absolute atomic E-state index is 0.0772. The van der Waals surface area contributed by atoms with Gasteiger partial charge in [0.1, 0.15) is 4.90 Å². The van der Waals surface area contributed by atoms with Crippen molar-refractivity contribution in [1.29, 1.82) is 0 Å². The van der Waals surface area contributed by atoms with Gasteiger partial charge < -0.3 is 10.6 Å². The van der Waals surface area contributed by atoms with E-state index in [0.29, 0.717) is 23.7 Å². The largest absolute Gasteiger partial charge is 0.326 e. The predicted molar refractivity (Wildman–Crippen MR) is 85.2 cm³/mol. The molecule has 1 aromatic carbocycles. The second-order valence-corrected chi connectivity index (χ2v) is 8.00. The molecule has 21 heavy (non-hydrogen) atoms. The number of halogens is 2. The van der Waals surface area contributed by atoms with Gasteiger partial charge in [-0.2, -0.15) is 4.31 Å². The molecule has 2 rings (SSSR count). The molecule has 1 fully saturated rings. The van der Waals surface area contributed by atoms with Crippen LogP contribution in [0.15, 0.2) is 17.0 Å². The Morgan fingerprint density at radius 1 is 1.38 bits per heavy atom. The molecule has 0 aliphatic carbocycles. The lowest BCUT2D eigenvalue weighted by Gasteiger charge is -2.21. The summed E-state index contributed by atoms with van der Waals surface area (Å²) in [4.78, 5) is 2.11. The van der Waals surface area contributed by atoms with E-state index in [4.69, 9.17) is 28.9 Å². The number of nitrogens with two attached hydrogens (primary N) is 1. The van der Waals surface area contributed by atoms with Gasteiger partial charge in [0.25, 0.3) is 0 Å². The second-order valence-electron chi connectivity index (χ2n) is 5.31. The molecule has 1 atom stereocenters. The Bertz CT molecular complexity index is 635. The quantitative estimate of drug-likeness (QED) is 0.897. The first-order valence-corrected chi connectivity index (χ1v) is 8.82. The van der Waals surface area contributed by atoms with Gasteiger partial charge in [0.05, 0.1) is 5.02 Å². The van der Waals surface area contributed by atoms with Crippen LogP contribution in [-0.4, -0.2) is 50.8 Å². The zero-order chi connectivity index (χ0) is 15.8. The molecule has 0 amide bonds. The molecule has 0 radical (unpaired) electrons. The molecule has 0 aromatic heterocycles. The molecule has 118 valence electrons. The molecule has 1 aliphatic heterocycles. The summed E-state index contributed by atoms with van der Waals surface area (Å²) in [7, 11) is 0.269. The third kappa shape index (κ3) is 3.21. The molecule has 1 saturated heterocycles. The lowest BCUT2D eigenvalue weighted by Crippen LogP contribution is -2.34. The van der Waals surface area contributed by atoms with Crippen molar-refractivity contribution in [1.82, 2.24) is 9.21 Å². The van der Waals surface area contributed by atoms with Crippen LogP contribution in [0, 0.1) is 0 Å². The number of hydrogen-bond acceptors (Lipinski definition) is 4. The summed E-state index contributed by atoms with van der Waals surface area (Å²) < 4.78 is 26.9. The summed E-state index contributed by atoms with van der Waals surface area (Å²) in [5.74, 6) is 0. The average Bonchev–Trinajstić information content (AvgIpc) is 2.89. The van der Waals surface area contributed by atoms with E-state index in [1.54, 1.807) is 0 Å². The Kier molecular flexibility index (Phi) is 5.18.